The lowest BCUT2D eigenvalue weighted by molar-refractivity contribution is -0.139. The second-order valence-corrected chi connectivity index (χ2v) is 10.4. The van der Waals surface area contributed by atoms with Crippen LogP contribution in [0, 0.1) is 5.82 Å². The van der Waals surface area contributed by atoms with Gasteiger partial charge in [0.25, 0.3) is 0 Å². The smallest absolute Gasteiger partial charge is 0.421 e. The molecule has 42 heavy (non-hydrogen) atoms. The monoisotopic (exact) mass is 606 g/mol. The van der Waals surface area contributed by atoms with E-state index >= 15 is 0 Å². The Hall–Kier alpha value is -3.90. The number of alkyl halides is 3. The van der Waals surface area contributed by atoms with E-state index in [1.807, 2.05) is 11.8 Å². The lowest BCUT2D eigenvalue weighted by Gasteiger charge is -2.34. The third-order valence-electron chi connectivity index (χ3n) is 7.33. The fourth-order valence-electron chi connectivity index (χ4n) is 5.07. The third-order valence-corrected chi connectivity index (χ3v) is 7.57. The number of fused-ring (bicyclic) bond motifs is 2. The molecule has 4 aromatic rings. The van der Waals surface area contributed by atoms with Crippen LogP contribution in [0.4, 0.5) is 17.6 Å². The van der Waals surface area contributed by atoms with Gasteiger partial charge in [0.1, 0.15) is 35.1 Å². The average Bonchev–Trinajstić information content (AvgIpc) is 3.24. The predicted molar refractivity (Wildman–Crippen MR) is 146 cm³/mol. The molecule has 0 saturated carbocycles. The minimum absolute atomic E-state index is 0.0426. The van der Waals surface area contributed by atoms with Crippen LogP contribution in [0.25, 0.3) is 11.0 Å². The normalized spacial score (nSPS) is 15.6. The summed E-state index contributed by atoms with van der Waals surface area (Å²) in [6, 6.07) is 7.44. The first kappa shape index (κ1) is 29.6. The number of imidazole rings is 1. The fraction of sp³-hybridized carbons (Fsp3) is 0.345. The number of nitrogens with zero attached hydrogens (tertiary/aromatic N) is 4. The molecule has 1 atom stereocenters. The van der Waals surface area contributed by atoms with Crippen LogP contribution in [0.15, 0.2) is 36.4 Å². The number of carboxylic acid groups (broad SMARTS) is 1. The molecule has 0 bridgehead atoms. The van der Waals surface area contributed by atoms with Crippen molar-refractivity contribution in [2.75, 3.05) is 13.2 Å². The van der Waals surface area contributed by atoms with E-state index in [1.165, 1.54) is 24.3 Å². The van der Waals surface area contributed by atoms with Crippen molar-refractivity contribution in [3.05, 3.63) is 81.0 Å². The van der Waals surface area contributed by atoms with Gasteiger partial charge in [-0.2, -0.15) is 13.2 Å². The Morgan fingerprint density at radius 2 is 1.93 bits per heavy atom. The van der Waals surface area contributed by atoms with E-state index in [0.29, 0.717) is 60.0 Å². The molecular weight excluding hydrogens is 580 g/mol. The summed E-state index contributed by atoms with van der Waals surface area (Å²) in [6.45, 7) is 4.23. The SMILES string of the molecule is CCOc1cc(C(=O)O)cc2c1nc(CN1CCc3cc(C(F)(F)F)c(OCc4ccc(Cl)cc4F)nc3[C@@H]1C)n2C. The van der Waals surface area contributed by atoms with E-state index in [4.69, 9.17) is 26.1 Å². The zero-order chi connectivity index (χ0) is 30.3. The number of aryl methyl sites for hydroxylation is 1. The van der Waals surface area contributed by atoms with Gasteiger partial charge in [0.2, 0.25) is 5.88 Å². The van der Waals surface area contributed by atoms with E-state index in [-0.39, 0.29) is 16.1 Å². The van der Waals surface area contributed by atoms with Gasteiger partial charge in [-0.05, 0) is 56.2 Å². The number of aromatic nitrogens is 3. The van der Waals surface area contributed by atoms with E-state index < -0.39 is 42.1 Å². The van der Waals surface area contributed by atoms with Gasteiger partial charge in [0.05, 0.1) is 36.0 Å². The molecule has 0 aliphatic carbocycles. The van der Waals surface area contributed by atoms with Crippen LogP contribution < -0.4 is 9.47 Å². The molecule has 1 aliphatic rings. The minimum atomic E-state index is -4.73. The van der Waals surface area contributed by atoms with Crippen molar-refractivity contribution in [3.63, 3.8) is 0 Å². The van der Waals surface area contributed by atoms with E-state index in [9.17, 15) is 27.5 Å². The molecule has 0 amide bonds. The van der Waals surface area contributed by atoms with Crippen molar-refractivity contribution in [2.45, 2.75) is 45.6 Å². The molecule has 222 valence electrons. The Kier molecular flexibility index (Phi) is 8.04. The van der Waals surface area contributed by atoms with Crippen LogP contribution in [0.3, 0.4) is 0 Å². The molecule has 0 spiro atoms. The first-order valence-electron chi connectivity index (χ1n) is 13.1. The van der Waals surface area contributed by atoms with Crippen LogP contribution in [0.5, 0.6) is 11.6 Å². The van der Waals surface area contributed by atoms with Crippen LogP contribution in [-0.2, 0) is 32.8 Å². The molecule has 5 rings (SSSR count). The molecule has 2 aromatic heterocycles. The zero-order valence-electron chi connectivity index (χ0n) is 22.9. The topological polar surface area (TPSA) is 89.7 Å². The second-order valence-electron chi connectivity index (χ2n) is 9.97. The zero-order valence-corrected chi connectivity index (χ0v) is 23.7. The van der Waals surface area contributed by atoms with Gasteiger partial charge in [-0.3, -0.25) is 4.90 Å². The van der Waals surface area contributed by atoms with Crippen molar-refractivity contribution in [3.8, 4) is 11.6 Å². The number of halogens is 5. The number of pyridine rings is 1. The molecule has 1 aliphatic heterocycles. The van der Waals surface area contributed by atoms with Crippen molar-refractivity contribution in [1.29, 1.82) is 0 Å². The highest BCUT2D eigenvalue weighted by Gasteiger charge is 2.38. The molecular formula is C29H27ClF4N4O4. The Balaban J connectivity index is 1.46. The summed E-state index contributed by atoms with van der Waals surface area (Å²) >= 11 is 5.78. The molecule has 0 fully saturated rings. The summed E-state index contributed by atoms with van der Waals surface area (Å²) in [5, 5.41) is 9.70. The molecule has 1 N–H and O–H groups in total. The maximum Gasteiger partial charge on any atom is 0.421 e. The van der Waals surface area contributed by atoms with Gasteiger partial charge < -0.3 is 19.1 Å². The molecule has 8 nitrogen and oxygen atoms in total. The molecule has 13 heteroatoms. The van der Waals surface area contributed by atoms with Crippen molar-refractivity contribution >= 4 is 28.6 Å². The molecule has 0 unspecified atom stereocenters. The number of benzene rings is 2. The van der Waals surface area contributed by atoms with Gasteiger partial charge in [-0.1, -0.05) is 17.7 Å². The average molecular weight is 607 g/mol. The Bertz CT molecular complexity index is 1670. The maximum atomic E-state index is 14.3. The van der Waals surface area contributed by atoms with Crippen molar-refractivity contribution in [2.24, 2.45) is 7.05 Å². The van der Waals surface area contributed by atoms with Gasteiger partial charge in [-0.15, -0.1) is 0 Å². The number of hydrogen-bond acceptors (Lipinski definition) is 6. The number of carbonyl (C=O) groups is 1. The quantitative estimate of drug-likeness (QED) is 0.227. The number of ether oxygens (including phenoxy) is 2. The van der Waals surface area contributed by atoms with Gasteiger partial charge >= 0.3 is 12.1 Å². The highest BCUT2D eigenvalue weighted by atomic mass is 35.5. The van der Waals surface area contributed by atoms with Crippen LogP contribution in [0.1, 0.15) is 58.5 Å². The molecule has 0 saturated heterocycles. The Morgan fingerprint density at radius 1 is 1.17 bits per heavy atom. The Labute approximate surface area is 243 Å². The Morgan fingerprint density at radius 3 is 2.60 bits per heavy atom. The summed E-state index contributed by atoms with van der Waals surface area (Å²) in [5.41, 5.74) is 1.05. The van der Waals surface area contributed by atoms with Crippen LogP contribution >= 0.6 is 11.6 Å². The molecule has 2 aromatic carbocycles. The standard InChI is InChI=1S/C29H27ClF4N4O4/c1-4-41-23-11-18(28(39)40)10-22-26(23)35-24(37(22)3)13-38-8-7-16-9-20(29(32,33)34)27(36-25(16)15(38)2)42-14-17-5-6-19(30)12-21(17)31/h5-6,9-12,15H,4,7-8,13-14H2,1-3H3,(H,39,40)/t15-/m0/s1. The van der Waals surface area contributed by atoms with E-state index in [2.05, 4.69) is 4.98 Å². The first-order chi connectivity index (χ1) is 19.9. The second kappa shape index (κ2) is 11.4. The van der Waals surface area contributed by atoms with Crippen LogP contribution in [-0.4, -0.2) is 43.7 Å². The van der Waals surface area contributed by atoms with Gasteiger partial charge in [-0.25, -0.2) is 19.2 Å². The van der Waals surface area contributed by atoms with Crippen molar-refractivity contribution < 1.29 is 36.9 Å². The highest BCUT2D eigenvalue weighted by Crippen LogP contribution is 2.40. The fourth-order valence-corrected chi connectivity index (χ4v) is 5.23. The van der Waals surface area contributed by atoms with E-state index in [0.717, 1.165) is 12.1 Å². The number of hydrogen-bond donors (Lipinski definition) is 1. The third kappa shape index (κ3) is 5.73. The van der Waals surface area contributed by atoms with Gasteiger partial charge in [0.15, 0.2) is 0 Å². The maximum absolute atomic E-state index is 14.3. The summed E-state index contributed by atoms with van der Waals surface area (Å²) < 4.78 is 69.1. The largest absolute Gasteiger partial charge is 0.492 e. The highest BCUT2D eigenvalue weighted by molar-refractivity contribution is 6.30. The van der Waals surface area contributed by atoms with E-state index in [1.54, 1.807) is 18.5 Å². The summed E-state index contributed by atoms with van der Waals surface area (Å²) in [5.74, 6) is -1.45. The lowest BCUT2D eigenvalue weighted by Crippen LogP contribution is -2.35. The van der Waals surface area contributed by atoms with Gasteiger partial charge in [0, 0.05) is 24.2 Å². The van der Waals surface area contributed by atoms with Crippen molar-refractivity contribution in [1.82, 2.24) is 19.4 Å². The lowest BCUT2D eigenvalue weighted by atomic mass is 9.97. The predicted octanol–water partition coefficient (Wildman–Crippen LogP) is 6.57. The van der Waals surface area contributed by atoms with Crippen LogP contribution in [0.2, 0.25) is 5.02 Å². The summed E-state index contributed by atoms with van der Waals surface area (Å²) in [6.07, 6.45) is -4.42. The molecule has 3 heterocycles. The minimum Gasteiger partial charge on any atom is -0.492 e. The number of rotatable bonds is 8. The summed E-state index contributed by atoms with van der Waals surface area (Å²) in [7, 11) is 1.77. The molecule has 0 radical (unpaired) electrons. The summed E-state index contributed by atoms with van der Waals surface area (Å²) in [4.78, 5) is 22.7. The number of carboxylic acids is 1. The number of aromatic carboxylic acids is 1. The first-order valence-corrected chi connectivity index (χ1v) is 13.5.